The molecule has 18 heavy (non-hydrogen) atoms. The Labute approximate surface area is 145 Å². The summed E-state index contributed by atoms with van der Waals surface area (Å²) in [6.07, 6.45) is 0. The Morgan fingerprint density at radius 2 is 1.61 bits per heavy atom. The van der Waals surface area contributed by atoms with Crippen LogP contribution in [0.3, 0.4) is 0 Å². The van der Waals surface area contributed by atoms with Gasteiger partial charge < -0.3 is 5.32 Å². The molecule has 0 atom stereocenters. The van der Waals surface area contributed by atoms with Crippen LogP contribution in [0.2, 0.25) is 0 Å². The molecular formula is C13H9Br3IN. The van der Waals surface area contributed by atoms with E-state index >= 15 is 0 Å². The zero-order valence-corrected chi connectivity index (χ0v) is 16.1. The third-order valence-corrected chi connectivity index (χ3v) is 6.61. The highest BCUT2D eigenvalue weighted by Crippen LogP contribution is 2.25. The maximum atomic E-state index is 3.51. The Morgan fingerprint density at radius 1 is 0.889 bits per heavy atom. The number of anilines is 1. The van der Waals surface area contributed by atoms with E-state index in [9.17, 15) is 0 Å². The van der Waals surface area contributed by atoms with Gasteiger partial charge in [0.2, 0.25) is 0 Å². The van der Waals surface area contributed by atoms with Crippen molar-refractivity contribution in [1.29, 1.82) is 0 Å². The number of hydrogen-bond donors (Lipinski definition) is 1. The summed E-state index contributed by atoms with van der Waals surface area (Å²) in [5, 5.41) is 3.41. The number of benzene rings is 2. The van der Waals surface area contributed by atoms with Crippen LogP contribution < -0.4 is 5.32 Å². The average molecular weight is 546 g/mol. The van der Waals surface area contributed by atoms with Crippen LogP contribution in [-0.2, 0) is 6.54 Å². The van der Waals surface area contributed by atoms with E-state index in [1.54, 1.807) is 0 Å². The lowest BCUT2D eigenvalue weighted by Crippen LogP contribution is -1.99. The summed E-state index contributed by atoms with van der Waals surface area (Å²) in [6, 6.07) is 12.5. The number of rotatable bonds is 3. The molecule has 2 rings (SSSR count). The molecule has 0 unspecified atom stereocenters. The second-order valence-corrected chi connectivity index (χ2v) is 7.46. The SMILES string of the molecule is Brc1ccc(CNc2ccc(Br)c(I)c2)cc1Br. The molecule has 0 heterocycles. The quantitative estimate of drug-likeness (QED) is 0.454. The van der Waals surface area contributed by atoms with Crippen molar-refractivity contribution >= 4 is 76.1 Å². The van der Waals surface area contributed by atoms with Crippen LogP contribution in [-0.4, -0.2) is 0 Å². The largest absolute Gasteiger partial charge is 0.381 e. The number of halogens is 4. The van der Waals surface area contributed by atoms with Crippen molar-refractivity contribution in [3.05, 3.63) is 58.9 Å². The minimum Gasteiger partial charge on any atom is -0.381 e. The van der Waals surface area contributed by atoms with E-state index in [4.69, 9.17) is 0 Å². The summed E-state index contributed by atoms with van der Waals surface area (Å²) in [6.45, 7) is 0.809. The lowest BCUT2D eigenvalue weighted by Gasteiger charge is -2.08. The predicted molar refractivity (Wildman–Crippen MR) is 96.0 cm³/mol. The summed E-state index contributed by atoms with van der Waals surface area (Å²) in [7, 11) is 0. The van der Waals surface area contributed by atoms with Crippen LogP contribution in [0.1, 0.15) is 5.56 Å². The first-order chi connectivity index (χ1) is 8.56. The van der Waals surface area contributed by atoms with Crippen LogP contribution >= 0.6 is 70.4 Å². The van der Waals surface area contributed by atoms with E-state index < -0.39 is 0 Å². The van der Waals surface area contributed by atoms with E-state index in [1.165, 1.54) is 9.13 Å². The van der Waals surface area contributed by atoms with Gasteiger partial charge >= 0.3 is 0 Å². The Balaban J connectivity index is 2.06. The molecule has 0 aliphatic heterocycles. The molecule has 1 N–H and O–H groups in total. The van der Waals surface area contributed by atoms with E-state index in [2.05, 4.69) is 106 Å². The molecule has 0 aliphatic rings. The fourth-order valence-electron chi connectivity index (χ4n) is 1.46. The van der Waals surface area contributed by atoms with Gasteiger partial charge in [0.05, 0.1) is 0 Å². The zero-order chi connectivity index (χ0) is 13.1. The van der Waals surface area contributed by atoms with Crippen LogP contribution in [0.5, 0.6) is 0 Å². The minimum atomic E-state index is 0.809. The fraction of sp³-hybridized carbons (Fsp3) is 0.0769. The maximum absolute atomic E-state index is 3.51. The molecule has 94 valence electrons. The Bertz CT molecular complexity index is 521. The maximum Gasteiger partial charge on any atom is 0.0401 e. The standard InChI is InChI=1S/C13H9Br3IN/c14-10-3-1-8(5-12(10)16)7-18-9-2-4-11(15)13(17)6-9/h1-6,18H,7H2. The molecule has 0 bridgehead atoms. The van der Waals surface area contributed by atoms with Crippen molar-refractivity contribution in [2.75, 3.05) is 5.32 Å². The Hall–Kier alpha value is 0.410. The first-order valence-electron chi connectivity index (χ1n) is 5.19. The average Bonchev–Trinajstić information content (AvgIpc) is 2.35. The van der Waals surface area contributed by atoms with Crippen molar-refractivity contribution < 1.29 is 0 Å². The molecule has 1 nitrogen and oxygen atoms in total. The van der Waals surface area contributed by atoms with Crippen molar-refractivity contribution in [3.63, 3.8) is 0 Å². The molecule has 0 saturated carbocycles. The topological polar surface area (TPSA) is 12.0 Å². The molecule has 0 saturated heterocycles. The molecule has 0 spiro atoms. The van der Waals surface area contributed by atoms with Gasteiger partial charge in [0.25, 0.3) is 0 Å². The van der Waals surface area contributed by atoms with Crippen molar-refractivity contribution in [1.82, 2.24) is 0 Å². The molecule has 2 aromatic carbocycles. The normalized spacial score (nSPS) is 10.4. The zero-order valence-electron chi connectivity index (χ0n) is 9.18. The molecule has 5 heteroatoms. The number of nitrogens with one attached hydrogen (secondary N) is 1. The molecule has 2 aromatic rings. The van der Waals surface area contributed by atoms with Gasteiger partial charge in [-0.15, -0.1) is 0 Å². The van der Waals surface area contributed by atoms with Gasteiger partial charge in [-0.05, 0) is 106 Å². The van der Waals surface area contributed by atoms with Gasteiger partial charge in [-0.1, -0.05) is 6.07 Å². The summed E-state index contributed by atoms with van der Waals surface area (Å²) in [4.78, 5) is 0. The van der Waals surface area contributed by atoms with E-state index in [0.717, 1.165) is 25.7 Å². The molecule has 0 amide bonds. The smallest absolute Gasteiger partial charge is 0.0401 e. The van der Waals surface area contributed by atoms with Crippen LogP contribution in [0.25, 0.3) is 0 Å². The first kappa shape index (κ1) is 14.8. The first-order valence-corrected chi connectivity index (χ1v) is 8.65. The van der Waals surface area contributed by atoms with Crippen molar-refractivity contribution in [3.8, 4) is 0 Å². The highest BCUT2D eigenvalue weighted by molar-refractivity contribution is 14.1. The van der Waals surface area contributed by atoms with Crippen molar-refractivity contribution in [2.24, 2.45) is 0 Å². The summed E-state index contributed by atoms with van der Waals surface area (Å²) in [5.74, 6) is 0. The molecule has 0 aromatic heterocycles. The lowest BCUT2D eigenvalue weighted by atomic mass is 10.2. The lowest BCUT2D eigenvalue weighted by molar-refractivity contribution is 1.14. The van der Waals surface area contributed by atoms with E-state index in [0.29, 0.717) is 0 Å². The Morgan fingerprint density at radius 3 is 2.28 bits per heavy atom. The summed E-state index contributed by atoms with van der Waals surface area (Å²) >= 11 is 12.8. The highest BCUT2D eigenvalue weighted by Gasteiger charge is 2.01. The van der Waals surface area contributed by atoms with Crippen LogP contribution in [0, 0.1) is 3.57 Å². The monoisotopic (exact) mass is 543 g/mol. The summed E-state index contributed by atoms with van der Waals surface area (Å²) < 4.78 is 4.48. The van der Waals surface area contributed by atoms with Crippen molar-refractivity contribution in [2.45, 2.75) is 6.54 Å². The second kappa shape index (κ2) is 6.72. The number of hydrogen-bond acceptors (Lipinski definition) is 1. The minimum absolute atomic E-state index is 0.809. The van der Waals surface area contributed by atoms with Gasteiger partial charge in [-0.3, -0.25) is 0 Å². The molecule has 0 aliphatic carbocycles. The third kappa shape index (κ3) is 3.95. The van der Waals surface area contributed by atoms with Gasteiger partial charge in [-0.25, -0.2) is 0 Å². The molecule has 0 radical (unpaired) electrons. The highest BCUT2D eigenvalue weighted by atomic mass is 127. The van der Waals surface area contributed by atoms with Crippen LogP contribution in [0.15, 0.2) is 49.8 Å². The molecule has 0 fully saturated rings. The van der Waals surface area contributed by atoms with Gasteiger partial charge in [-0.2, -0.15) is 0 Å². The van der Waals surface area contributed by atoms with Gasteiger partial charge in [0, 0.05) is 29.2 Å². The van der Waals surface area contributed by atoms with E-state index in [1.807, 2.05) is 6.07 Å². The van der Waals surface area contributed by atoms with E-state index in [-0.39, 0.29) is 0 Å². The van der Waals surface area contributed by atoms with Gasteiger partial charge in [0.1, 0.15) is 0 Å². The third-order valence-electron chi connectivity index (χ3n) is 2.40. The predicted octanol–water partition coefficient (Wildman–Crippen LogP) is 6.19. The van der Waals surface area contributed by atoms with Crippen LogP contribution in [0.4, 0.5) is 5.69 Å². The Kier molecular flexibility index (Phi) is 5.53. The second-order valence-electron chi connectivity index (χ2n) is 3.73. The summed E-state index contributed by atoms with van der Waals surface area (Å²) in [5.41, 5.74) is 2.37. The molecular weight excluding hydrogens is 537 g/mol. The fourth-order valence-corrected chi connectivity index (χ4v) is 2.89. The van der Waals surface area contributed by atoms with Gasteiger partial charge in [0.15, 0.2) is 0 Å².